The summed E-state index contributed by atoms with van der Waals surface area (Å²) in [5.74, 6) is 1.93. The van der Waals surface area contributed by atoms with Gasteiger partial charge in [-0.3, -0.25) is 0 Å². The van der Waals surface area contributed by atoms with Gasteiger partial charge in [-0.05, 0) is 49.1 Å². The molecule has 100 valence electrons. The molecule has 1 atom stereocenters. The lowest BCUT2D eigenvalue weighted by Gasteiger charge is -2.23. The van der Waals surface area contributed by atoms with Crippen LogP contribution in [0.2, 0.25) is 0 Å². The van der Waals surface area contributed by atoms with Crippen LogP contribution >= 0.6 is 11.3 Å². The summed E-state index contributed by atoms with van der Waals surface area (Å²) in [5, 5.41) is 6.06. The molecule has 1 nitrogen and oxygen atoms in total. The summed E-state index contributed by atoms with van der Waals surface area (Å²) in [6.07, 6.45) is 11.6. The van der Waals surface area contributed by atoms with E-state index in [0.29, 0.717) is 6.04 Å². The topological polar surface area (TPSA) is 12.0 Å². The molecule has 3 rings (SSSR count). The van der Waals surface area contributed by atoms with Crippen molar-refractivity contribution >= 4 is 11.3 Å². The average molecular weight is 263 g/mol. The largest absolute Gasteiger partial charge is 0.309 e. The minimum Gasteiger partial charge on any atom is -0.309 e. The maximum absolute atomic E-state index is 3.84. The van der Waals surface area contributed by atoms with Crippen LogP contribution < -0.4 is 5.32 Å². The van der Waals surface area contributed by atoms with Crippen molar-refractivity contribution in [3.8, 4) is 0 Å². The Morgan fingerprint density at radius 3 is 2.67 bits per heavy atom. The van der Waals surface area contributed by atoms with Crippen LogP contribution in [0.3, 0.4) is 0 Å². The van der Waals surface area contributed by atoms with Gasteiger partial charge in [0.25, 0.3) is 0 Å². The molecule has 0 radical (unpaired) electrons. The predicted octanol–water partition coefficient (Wildman–Crippen LogP) is 4.76. The molecule has 1 N–H and O–H groups in total. The van der Waals surface area contributed by atoms with Crippen LogP contribution in [0.15, 0.2) is 17.5 Å². The summed E-state index contributed by atoms with van der Waals surface area (Å²) in [7, 11) is 0. The van der Waals surface area contributed by atoms with E-state index in [0.717, 1.165) is 11.8 Å². The fourth-order valence-electron chi connectivity index (χ4n) is 3.32. The van der Waals surface area contributed by atoms with Crippen LogP contribution in [-0.4, -0.2) is 6.54 Å². The molecule has 2 aliphatic rings. The fourth-order valence-corrected chi connectivity index (χ4v) is 4.21. The first-order valence-corrected chi connectivity index (χ1v) is 8.58. The minimum atomic E-state index is 0.661. The normalized spacial score (nSPS) is 23.1. The van der Waals surface area contributed by atoms with Crippen LogP contribution in [-0.2, 0) is 0 Å². The second-order valence-electron chi connectivity index (χ2n) is 6.08. The van der Waals surface area contributed by atoms with Crippen molar-refractivity contribution in [2.45, 2.75) is 57.4 Å². The van der Waals surface area contributed by atoms with Gasteiger partial charge in [-0.1, -0.05) is 38.2 Å². The van der Waals surface area contributed by atoms with Gasteiger partial charge < -0.3 is 5.32 Å². The first kappa shape index (κ1) is 12.7. The van der Waals surface area contributed by atoms with Gasteiger partial charge in [0.1, 0.15) is 0 Å². The maximum atomic E-state index is 3.84. The first-order chi connectivity index (χ1) is 8.93. The Kier molecular flexibility index (Phi) is 4.37. The van der Waals surface area contributed by atoms with Crippen molar-refractivity contribution in [3.05, 3.63) is 22.4 Å². The monoisotopic (exact) mass is 263 g/mol. The molecule has 18 heavy (non-hydrogen) atoms. The smallest absolute Gasteiger partial charge is 0.0443 e. The highest BCUT2D eigenvalue weighted by molar-refractivity contribution is 7.10. The number of hydrogen-bond acceptors (Lipinski definition) is 2. The second kappa shape index (κ2) is 6.21. The van der Waals surface area contributed by atoms with Gasteiger partial charge in [-0.2, -0.15) is 0 Å². The lowest BCUT2D eigenvalue weighted by atomic mass is 9.87. The summed E-state index contributed by atoms with van der Waals surface area (Å²) >= 11 is 1.92. The number of hydrogen-bond donors (Lipinski definition) is 1. The van der Waals surface area contributed by atoms with Crippen molar-refractivity contribution < 1.29 is 0 Å². The molecule has 2 saturated carbocycles. The molecule has 1 aromatic rings. The van der Waals surface area contributed by atoms with Gasteiger partial charge in [0.05, 0.1) is 0 Å². The van der Waals surface area contributed by atoms with Crippen LogP contribution in [0.4, 0.5) is 0 Å². The van der Waals surface area contributed by atoms with Crippen LogP contribution in [0, 0.1) is 11.8 Å². The lowest BCUT2D eigenvalue weighted by molar-refractivity contribution is 0.325. The third-order valence-electron chi connectivity index (χ3n) is 4.58. The van der Waals surface area contributed by atoms with Gasteiger partial charge in [-0.15, -0.1) is 11.3 Å². The molecule has 0 saturated heterocycles. The predicted molar refractivity (Wildman–Crippen MR) is 79.0 cm³/mol. The van der Waals surface area contributed by atoms with E-state index in [-0.39, 0.29) is 0 Å². The van der Waals surface area contributed by atoms with Gasteiger partial charge in [0.15, 0.2) is 0 Å². The number of rotatable bonds is 6. The maximum Gasteiger partial charge on any atom is 0.0443 e. The van der Waals surface area contributed by atoms with E-state index in [1.807, 2.05) is 11.3 Å². The highest BCUT2D eigenvalue weighted by Crippen LogP contribution is 2.42. The SMILES string of the molecule is c1csc(C(NCCC2CCCCC2)C2CC2)c1. The summed E-state index contributed by atoms with van der Waals surface area (Å²) in [6.45, 7) is 1.23. The molecule has 0 spiro atoms. The van der Waals surface area contributed by atoms with E-state index in [9.17, 15) is 0 Å². The first-order valence-electron chi connectivity index (χ1n) is 7.70. The molecule has 2 fully saturated rings. The highest BCUT2D eigenvalue weighted by Gasteiger charge is 2.32. The third kappa shape index (κ3) is 3.36. The van der Waals surface area contributed by atoms with Gasteiger partial charge >= 0.3 is 0 Å². The zero-order valence-electron chi connectivity index (χ0n) is 11.2. The Morgan fingerprint density at radius 1 is 1.17 bits per heavy atom. The molecule has 0 aliphatic heterocycles. The molecule has 0 aromatic carbocycles. The van der Waals surface area contributed by atoms with E-state index >= 15 is 0 Å². The van der Waals surface area contributed by atoms with E-state index < -0.39 is 0 Å². The zero-order chi connectivity index (χ0) is 12.2. The van der Waals surface area contributed by atoms with Crippen LogP contribution in [0.5, 0.6) is 0 Å². The molecule has 1 aromatic heterocycles. The molecule has 2 aliphatic carbocycles. The minimum absolute atomic E-state index is 0.661. The Hall–Kier alpha value is -0.340. The molecule has 1 unspecified atom stereocenters. The molecule has 2 heteroatoms. The molecular weight excluding hydrogens is 238 g/mol. The van der Waals surface area contributed by atoms with Crippen molar-refractivity contribution in [2.24, 2.45) is 11.8 Å². The summed E-state index contributed by atoms with van der Waals surface area (Å²) in [4.78, 5) is 1.56. The van der Waals surface area contributed by atoms with E-state index in [1.165, 1.54) is 57.9 Å². The second-order valence-corrected chi connectivity index (χ2v) is 7.06. The van der Waals surface area contributed by atoms with E-state index in [1.54, 1.807) is 4.88 Å². The Bertz CT molecular complexity index is 336. The van der Waals surface area contributed by atoms with Gasteiger partial charge in [-0.25, -0.2) is 0 Å². The summed E-state index contributed by atoms with van der Waals surface area (Å²) < 4.78 is 0. The van der Waals surface area contributed by atoms with Crippen LogP contribution in [0.25, 0.3) is 0 Å². The van der Waals surface area contributed by atoms with Gasteiger partial charge in [0, 0.05) is 10.9 Å². The van der Waals surface area contributed by atoms with Crippen LogP contribution in [0.1, 0.15) is 62.3 Å². The summed E-state index contributed by atoms with van der Waals surface area (Å²) in [6, 6.07) is 5.16. The molecule has 1 heterocycles. The number of thiophene rings is 1. The zero-order valence-corrected chi connectivity index (χ0v) is 12.1. The lowest BCUT2D eigenvalue weighted by Crippen LogP contribution is -2.25. The van der Waals surface area contributed by atoms with Crippen molar-refractivity contribution in [3.63, 3.8) is 0 Å². The average Bonchev–Trinajstić information content (AvgIpc) is 3.10. The highest BCUT2D eigenvalue weighted by atomic mass is 32.1. The Morgan fingerprint density at radius 2 is 2.00 bits per heavy atom. The van der Waals surface area contributed by atoms with E-state index in [4.69, 9.17) is 0 Å². The third-order valence-corrected chi connectivity index (χ3v) is 5.54. The summed E-state index contributed by atoms with van der Waals surface area (Å²) in [5.41, 5.74) is 0. The Balaban J connectivity index is 1.45. The fraction of sp³-hybridized carbons (Fsp3) is 0.750. The standard InChI is InChI=1S/C16H25NS/c1-2-5-13(6-3-1)10-11-17-16(14-8-9-14)15-7-4-12-18-15/h4,7,12-14,16-17H,1-3,5-6,8-11H2. The molecule has 0 bridgehead atoms. The van der Waals surface area contributed by atoms with Crippen molar-refractivity contribution in [2.75, 3.05) is 6.54 Å². The quantitative estimate of drug-likeness (QED) is 0.780. The molecular formula is C16H25NS. The van der Waals surface area contributed by atoms with Gasteiger partial charge in [0.2, 0.25) is 0 Å². The van der Waals surface area contributed by atoms with Crippen molar-refractivity contribution in [1.82, 2.24) is 5.32 Å². The van der Waals surface area contributed by atoms with E-state index in [2.05, 4.69) is 22.8 Å². The van der Waals surface area contributed by atoms with Crippen molar-refractivity contribution in [1.29, 1.82) is 0 Å². The molecule has 0 amide bonds. The number of nitrogens with one attached hydrogen (secondary N) is 1. The Labute approximate surface area is 115 Å².